The summed E-state index contributed by atoms with van der Waals surface area (Å²) in [7, 11) is 0. The molecule has 7 nitrogen and oxygen atoms in total. The number of unbranched alkanes of at least 4 members (excludes halogenated alkanes) is 2. The van der Waals surface area contributed by atoms with Crippen LogP contribution in [-0.4, -0.2) is 70.3 Å². The van der Waals surface area contributed by atoms with E-state index >= 15 is 0 Å². The van der Waals surface area contributed by atoms with Crippen LogP contribution in [-0.2, 0) is 9.53 Å². The Morgan fingerprint density at radius 1 is 1.07 bits per heavy atom. The van der Waals surface area contributed by atoms with Gasteiger partial charge in [-0.25, -0.2) is 4.99 Å². The van der Waals surface area contributed by atoms with Crippen LogP contribution in [0, 0.1) is 5.41 Å². The van der Waals surface area contributed by atoms with Crippen LogP contribution in [0.3, 0.4) is 0 Å². The minimum atomic E-state index is 0.573. The number of allylic oxidation sites excluding steroid dienone is 4. The molecule has 0 aromatic heterocycles. The number of rotatable bonds is 19. The van der Waals surface area contributed by atoms with E-state index in [1.54, 1.807) is 6.20 Å². The molecule has 0 spiro atoms. The first-order valence-electron chi connectivity index (χ1n) is 10.3. The largest absolute Gasteiger partial charge is 0.362 e. The van der Waals surface area contributed by atoms with Crippen LogP contribution in [0.25, 0.3) is 0 Å². The maximum atomic E-state index is 10.1. The predicted molar refractivity (Wildman–Crippen MR) is 125 cm³/mol. The van der Waals surface area contributed by atoms with Gasteiger partial charge in [0, 0.05) is 32.3 Å². The molecular formula is C22H41N5O2. The van der Waals surface area contributed by atoms with E-state index in [2.05, 4.69) is 34.2 Å². The molecule has 0 radical (unpaired) electrons. The molecule has 166 valence electrons. The van der Waals surface area contributed by atoms with Crippen LogP contribution in [0.2, 0.25) is 0 Å². The molecule has 29 heavy (non-hydrogen) atoms. The average Bonchev–Trinajstić information content (AvgIpc) is 2.76. The molecule has 0 saturated carbocycles. The lowest BCUT2D eigenvalue weighted by molar-refractivity contribution is -0.107. The van der Waals surface area contributed by atoms with Crippen molar-refractivity contribution in [3.05, 3.63) is 36.6 Å². The summed E-state index contributed by atoms with van der Waals surface area (Å²) in [6.45, 7) is 12.7. The standard InChI is InChI=1S/C21H38N4O2.CH3N/c1-3-13-23-20-25(4-2)17-16-22-14-9-10-15-24-21-27-19-12-8-6-5-7-11-18-26;1-2/h3,5-6,8,12-13,18,20,22,24H,4,7,9-11,14-17,19,21H2,1-2H3;2H,1H2/b6-5-,12-8-,13-3-,23-20?;. The number of likely N-dealkylation sites (N-methyl/N-ethyl adjacent to an activating group) is 1. The lowest BCUT2D eigenvalue weighted by atomic mass is 10.3. The maximum Gasteiger partial charge on any atom is 0.120 e. The molecule has 0 saturated heterocycles. The van der Waals surface area contributed by atoms with Crippen molar-refractivity contribution in [2.45, 2.75) is 39.5 Å². The summed E-state index contributed by atoms with van der Waals surface area (Å²) in [6.07, 6.45) is 18.1. The number of ether oxygens (including phenoxy) is 1. The van der Waals surface area contributed by atoms with Crippen LogP contribution in [0.15, 0.2) is 41.6 Å². The summed E-state index contributed by atoms with van der Waals surface area (Å²) in [6, 6.07) is 0. The SMILES string of the molecule is C/C=C\N=CN(CC)CCNCCCCNCOC/C=C\C=C/CCC=O.C=N. The lowest BCUT2D eigenvalue weighted by Crippen LogP contribution is -2.31. The highest BCUT2D eigenvalue weighted by molar-refractivity contribution is 5.55. The maximum absolute atomic E-state index is 10.1. The van der Waals surface area contributed by atoms with Crippen LogP contribution in [0.4, 0.5) is 0 Å². The van der Waals surface area contributed by atoms with Gasteiger partial charge in [0.2, 0.25) is 0 Å². The third-order valence-electron chi connectivity index (χ3n) is 3.66. The minimum absolute atomic E-state index is 0.573. The van der Waals surface area contributed by atoms with Crippen molar-refractivity contribution in [1.29, 1.82) is 5.41 Å². The fourth-order valence-corrected chi connectivity index (χ4v) is 2.11. The van der Waals surface area contributed by atoms with Gasteiger partial charge < -0.3 is 25.2 Å². The van der Waals surface area contributed by atoms with Crippen molar-refractivity contribution in [2.75, 3.05) is 46.1 Å². The van der Waals surface area contributed by atoms with E-state index in [4.69, 9.17) is 10.1 Å². The van der Waals surface area contributed by atoms with Gasteiger partial charge in [0.25, 0.3) is 0 Å². The number of carbonyl (C=O) groups is 1. The molecule has 0 amide bonds. The molecule has 0 heterocycles. The van der Waals surface area contributed by atoms with Crippen LogP contribution >= 0.6 is 0 Å². The Kier molecular flexibility index (Phi) is 28.2. The lowest BCUT2D eigenvalue weighted by Gasteiger charge is -2.17. The first-order valence-corrected chi connectivity index (χ1v) is 10.3. The molecule has 0 fully saturated rings. The number of hydrogen-bond acceptors (Lipinski definition) is 6. The smallest absolute Gasteiger partial charge is 0.120 e. The van der Waals surface area contributed by atoms with Gasteiger partial charge in [-0.1, -0.05) is 30.4 Å². The normalized spacial score (nSPS) is 11.5. The summed E-state index contributed by atoms with van der Waals surface area (Å²) in [5.41, 5.74) is 0. The zero-order valence-corrected chi connectivity index (χ0v) is 18.3. The fraction of sp³-hybridized carbons (Fsp3) is 0.591. The third-order valence-corrected chi connectivity index (χ3v) is 3.66. The quantitative estimate of drug-likeness (QED) is 0.0764. The summed E-state index contributed by atoms with van der Waals surface area (Å²) < 4.78 is 5.46. The van der Waals surface area contributed by atoms with E-state index in [1.807, 2.05) is 43.6 Å². The van der Waals surface area contributed by atoms with Crippen LogP contribution in [0.1, 0.15) is 39.5 Å². The van der Waals surface area contributed by atoms with E-state index in [0.29, 0.717) is 19.8 Å². The monoisotopic (exact) mass is 407 g/mol. The average molecular weight is 408 g/mol. The van der Waals surface area contributed by atoms with Gasteiger partial charge in [-0.3, -0.25) is 5.32 Å². The van der Waals surface area contributed by atoms with E-state index in [9.17, 15) is 4.79 Å². The molecule has 3 N–H and O–H groups in total. The van der Waals surface area contributed by atoms with Gasteiger partial charge in [-0.2, -0.15) is 0 Å². The topological polar surface area (TPSA) is 89.8 Å². The minimum Gasteiger partial charge on any atom is -0.362 e. The molecule has 0 aliphatic carbocycles. The van der Waals surface area contributed by atoms with Gasteiger partial charge in [0.05, 0.1) is 19.7 Å². The van der Waals surface area contributed by atoms with E-state index in [0.717, 1.165) is 58.3 Å². The van der Waals surface area contributed by atoms with Gasteiger partial charge in [0.1, 0.15) is 6.29 Å². The Morgan fingerprint density at radius 2 is 1.79 bits per heavy atom. The highest BCUT2D eigenvalue weighted by Gasteiger charge is 1.95. The first-order chi connectivity index (χ1) is 14.3. The molecule has 0 aliphatic rings. The summed E-state index contributed by atoms with van der Waals surface area (Å²) >= 11 is 0. The second kappa shape index (κ2) is 28.1. The number of nitrogens with one attached hydrogen (secondary N) is 3. The highest BCUT2D eigenvalue weighted by Crippen LogP contribution is 1.89. The zero-order valence-electron chi connectivity index (χ0n) is 18.3. The predicted octanol–water partition coefficient (Wildman–Crippen LogP) is 3.16. The second-order valence-electron chi connectivity index (χ2n) is 5.95. The van der Waals surface area contributed by atoms with Crippen molar-refractivity contribution in [2.24, 2.45) is 4.99 Å². The Bertz CT molecular complexity index is 450. The van der Waals surface area contributed by atoms with Crippen molar-refractivity contribution in [3.63, 3.8) is 0 Å². The molecule has 0 unspecified atom stereocenters. The Hall–Kier alpha value is -2.09. The Labute approximate surface area is 177 Å². The summed E-state index contributed by atoms with van der Waals surface area (Å²) in [5, 5.41) is 12.2. The number of carbonyl (C=O) groups excluding carboxylic acids is 1. The summed E-state index contributed by atoms with van der Waals surface area (Å²) in [5.74, 6) is 0. The van der Waals surface area contributed by atoms with Gasteiger partial charge >= 0.3 is 0 Å². The van der Waals surface area contributed by atoms with Crippen LogP contribution in [0.5, 0.6) is 0 Å². The summed E-state index contributed by atoms with van der Waals surface area (Å²) in [4.78, 5) is 16.5. The molecule has 7 heteroatoms. The molecule has 0 rings (SSSR count). The number of aliphatic imine (C=N–C) groups is 1. The molecular weight excluding hydrogens is 366 g/mol. The molecule has 0 aromatic rings. The zero-order chi connectivity index (χ0) is 21.8. The van der Waals surface area contributed by atoms with Gasteiger partial charge in [0.15, 0.2) is 0 Å². The first kappa shape index (κ1) is 29.1. The highest BCUT2D eigenvalue weighted by atomic mass is 16.5. The fourth-order valence-electron chi connectivity index (χ4n) is 2.11. The Balaban J connectivity index is 0. The molecule has 0 aliphatic heterocycles. The molecule has 0 aromatic carbocycles. The van der Waals surface area contributed by atoms with Gasteiger partial charge in [-0.05, 0) is 52.9 Å². The van der Waals surface area contributed by atoms with Crippen molar-refractivity contribution < 1.29 is 9.53 Å². The van der Waals surface area contributed by atoms with E-state index in [-0.39, 0.29) is 0 Å². The van der Waals surface area contributed by atoms with Crippen molar-refractivity contribution in [1.82, 2.24) is 15.5 Å². The third kappa shape index (κ3) is 25.9. The number of hydrogen-bond donors (Lipinski definition) is 3. The van der Waals surface area contributed by atoms with Gasteiger partial charge in [-0.15, -0.1) is 0 Å². The number of aldehydes is 1. The van der Waals surface area contributed by atoms with E-state index < -0.39 is 0 Å². The van der Waals surface area contributed by atoms with Crippen molar-refractivity contribution >= 4 is 19.3 Å². The molecule has 0 atom stereocenters. The molecule has 0 bridgehead atoms. The second-order valence-corrected chi connectivity index (χ2v) is 5.95. The number of nitrogens with zero attached hydrogens (tertiary/aromatic N) is 2. The van der Waals surface area contributed by atoms with Crippen molar-refractivity contribution in [3.8, 4) is 0 Å². The van der Waals surface area contributed by atoms with Crippen LogP contribution < -0.4 is 10.6 Å². The van der Waals surface area contributed by atoms with E-state index in [1.165, 1.54) is 0 Å². The Morgan fingerprint density at radius 3 is 2.48 bits per heavy atom.